The normalized spacial score (nSPS) is 15.0. The Bertz CT molecular complexity index is 923. The summed E-state index contributed by atoms with van der Waals surface area (Å²) in [5.41, 5.74) is 0.289. The van der Waals surface area contributed by atoms with Crippen LogP contribution in [0.5, 0.6) is 0 Å². The molecule has 2 N–H and O–H groups in total. The van der Waals surface area contributed by atoms with Crippen LogP contribution in [0.25, 0.3) is 0 Å². The standard InChI is InChI=1S/C16H16ClN3O4S2/c17-12-6-5-11(26(22,23)20-7-1-2-8-20)10-13(12)18-16(25)19-15(21)14-4-3-9-24-14/h3-6,9-10H,1-2,7-8H2,(H2,18,19,21,25). The van der Waals surface area contributed by atoms with E-state index >= 15 is 0 Å². The zero-order valence-electron chi connectivity index (χ0n) is 13.6. The Labute approximate surface area is 161 Å². The molecule has 0 radical (unpaired) electrons. The minimum Gasteiger partial charge on any atom is -0.459 e. The van der Waals surface area contributed by atoms with Crippen molar-refractivity contribution in [2.24, 2.45) is 0 Å². The molecule has 1 aromatic heterocycles. The summed E-state index contributed by atoms with van der Waals surface area (Å²) in [6.45, 7) is 1.01. The number of sulfonamides is 1. The van der Waals surface area contributed by atoms with Gasteiger partial charge in [0.05, 0.1) is 21.9 Å². The third kappa shape index (κ3) is 4.07. The second-order valence-electron chi connectivity index (χ2n) is 5.64. The Morgan fingerprint density at radius 2 is 1.96 bits per heavy atom. The highest BCUT2D eigenvalue weighted by atomic mass is 35.5. The van der Waals surface area contributed by atoms with Crippen molar-refractivity contribution in [3.05, 3.63) is 47.4 Å². The number of hydrogen-bond donors (Lipinski definition) is 2. The zero-order chi connectivity index (χ0) is 18.7. The molecule has 0 aliphatic carbocycles. The molecule has 1 aliphatic rings. The number of carbonyl (C=O) groups excluding carboxylic acids is 1. The predicted molar refractivity (Wildman–Crippen MR) is 102 cm³/mol. The summed E-state index contributed by atoms with van der Waals surface area (Å²) in [6, 6.07) is 7.40. The number of nitrogens with zero attached hydrogens (tertiary/aromatic N) is 1. The summed E-state index contributed by atoms with van der Waals surface area (Å²) < 4.78 is 31.7. The van der Waals surface area contributed by atoms with Crippen molar-refractivity contribution in [1.82, 2.24) is 9.62 Å². The number of hydrogen-bond acceptors (Lipinski definition) is 5. The summed E-state index contributed by atoms with van der Waals surface area (Å²) >= 11 is 11.2. The van der Waals surface area contributed by atoms with E-state index in [9.17, 15) is 13.2 Å². The van der Waals surface area contributed by atoms with Crippen molar-refractivity contribution in [3.63, 3.8) is 0 Å². The highest BCUT2D eigenvalue weighted by Crippen LogP contribution is 2.28. The van der Waals surface area contributed by atoms with Crippen LogP contribution in [0.4, 0.5) is 5.69 Å². The molecule has 26 heavy (non-hydrogen) atoms. The number of rotatable bonds is 4. The molecule has 1 amide bonds. The fourth-order valence-electron chi connectivity index (χ4n) is 2.56. The first-order valence-corrected chi connectivity index (χ1v) is 10.1. The molecule has 7 nitrogen and oxygen atoms in total. The molecule has 1 fully saturated rings. The quantitative estimate of drug-likeness (QED) is 0.749. The number of furan rings is 1. The van der Waals surface area contributed by atoms with Crippen LogP contribution in [0, 0.1) is 0 Å². The molecule has 3 rings (SSSR count). The molecule has 138 valence electrons. The number of halogens is 1. The number of anilines is 1. The van der Waals surface area contributed by atoms with Crippen molar-refractivity contribution in [2.45, 2.75) is 17.7 Å². The lowest BCUT2D eigenvalue weighted by atomic mass is 10.3. The molecule has 0 saturated carbocycles. The number of amides is 1. The maximum Gasteiger partial charge on any atom is 0.293 e. The van der Waals surface area contributed by atoms with Crippen LogP contribution in [0.1, 0.15) is 23.4 Å². The van der Waals surface area contributed by atoms with E-state index in [0.717, 1.165) is 12.8 Å². The van der Waals surface area contributed by atoms with Crippen molar-refractivity contribution >= 4 is 50.5 Å². The van der Waals surface area contributed by atoms with Gasteiger partial charge < -0.3 is 9.73 Å². The highest BCUT2D eigenvalue weighted by molar-refractivity contribution is 7.89. The first kappa shape index (κ1) is 18.8. The topological polar surface area (TPSA) is 91.7 Å². The second kappa shape index (κ2) is 7.75. The van der Waals surface area contributed by atoms with E-state index in [1.54, 1.807) is 6.07 Å². The third-order valence-electron chi connectivity index (χ3n) is 3.86. The van der Waals surface area contributed by atoms with E-state index in [-0.39, 0.29) is 26.5 Å². The molecular weight excluding hydrogens is 398 g/mol. The van der Waals surface area contributed by atoms with Gasteiger partial charge in [-0.1, -0.05) is 11.6 Å². The summed E-state index contributed by atoms with van der Waals surface area (Å²) in [7, 11) is -3.58. The van der Waals surface area contributed by atoms with Crippen molar-refractivity contribution in [3.8, 4) is 0 Å². The Kier molecular flexibility index (Phi) is 5.61. The molecule has 0 unspecified atom stereocenters. The Hall–Kier alpha value is -1.94. The summed E-state index contributed by atoms with van der Waals surface area (Å²) in [5.74, 6) is -0.421. The minimum atomic E-state index is -3.58. The summed E-state index contributed by atoms with van der Waals surface area (Å²) in [6.07, 6.45) is 3.07. The zero-order valence-corrected chi connectivity index (χ0v) is 16.0. The number of thiocarbonyl (C=S) groups is 1. The fraction of sp³-hybridized carbons (Fsp3) is 0.250. The van der Waals surface area contributed by atoms with Crippen LogP contribution >= 0.6 is 23.8 Å². The number of carbonyl (C=O) groups is 1. The van der Waals surface area contributed by atoms with Gasteiger partial charge in [-0.25, -0.2) is 8.42 Å². The molecule has 1 aliphatic heterocycles. The molecule has 2 heterocycles. The van der Waals surface area contributed by atoms with E-state index < -0.39 is 15.9 Å². The van der Waals surface area contributed by atoms with E-state index in [2.05, 4.69) is 10.6 Å². The van der Waals surface area contributed by atoms with Gasteiger partial charge in [-0.2, -0.15) is 4.31 Å². The molecule has 10 heteroatoms. The average molecular weight is 414 g/mol. The SMILES string of the molecule is O=C(NC(=S)Nc1cc(S(=O)(=O)N2CCCC2)ccc1Cl)c1ccco1. The van der Waals surface area contributed by atoms with Gasteiger partial charge in [0.15, 0.2) is 10.9 Å². The lowest BCUT2D eigenvalue weighted by Gasteiger charge is -2.17. The maximum atomic E-state index is 12.7. The lowest BCUT2D eigenvalue weighted by Crippen LogP contribution is -2.34. The maximum absolute atomic E-state index is 12.7. The van der Waals surface area contributed by atoms with Crippen molar-refractivity contribution in [2.75, 3.05) is 18.4 Å². The fourth-order valence-corrected chi connectivity index (χ4v) is 4.48. The first-order chi connectivity index (χ1) is 12.4. The highest BCUT2D eigenvalue weighted by Gasteiger charge is 2.27. The average Bonchev–Trinajstić information content (AvgIpc) is 3.30. The van der Waals surface area contributed by atoms with E-state index in [0.29, 0.717) is 13.1 Å². The second-order valence-corrected chi connectivity index (χ2v) is 8.39. The molecule has 0 atom stereocenters. The number of benzene rings is 1. The van der Waals surface area contributed by atoms with Crippen LogP contribution in [0.15, 0.2) is 45.9 Å². The first-order valence-electron chi connectivity index (χ1n) is 7.83. The van der Waals surface area contributed by atoms with Crippen LogP contribution in [-0.4, -0.2) is 36.8 Å². The molecule has 1 saturated heterocycles. The van der Waals surface area contributed by atoms with Crippen molar-refractivity contribution < 1.29 is 17.6 Å². The predicted octanol–water partition coefficient (Wildman–Crippen LogP) is 2.84. The van der Waals surface area contributed by atoms with Gasteiger partial charge in [0.25, 0.3) is 5.91 Å². The van der Waals surface area contributed by atoms with Gasteiger partial charge in [-0.3, -0.25) is 10.1 Å². The number of nitrogens with one attached hydrogen (secondary N) is 2. The van der Waals surface area contributed by atoms with Crippen molar-refractivity contribution in [1.29, 1.82) is 0 Å². The molecular formula is C16H16ClN3O4S2. The summed E-state index contributed by atoms with van der Waals surface area (Å²) in [5, 5.41) is 5.44. The van der Waals surface area contributed by atoms with E-state index in [1.165, 1.54) is 34.8 Å². The van der Waals surface area contributed by atoms with Gasteiger partial charge >= 0.3 is 0 Å². The van der Waals surface area contributed by atoms with Crippen LogP contribution in [0.2, 0.25) is 5.02 Å². The summed E-state index contributed by atoms with van der Waals surface area (Å²) in [4.78, 5) is 12.0. The van der Waals surface area contributed by atoms with Gasteiger partial charge in [0, 0.05) is 13.1 Å². The minimum absolute atomic E-state index is 0.0241. The smallest absolute Gasteiger partial charge is 0.293 e. The Morgan fingerprint density at radius 3 is 2.62 bits per heavy atom. The Morgan fingerprint density at radius 1 is 1.23 bits per heavy atom. The van der Waals surface area contributed by atoms with E-state index in [4.69, 9.17) is 28.2 Å². The molecule has 1 aromatic carbocycles. The van der Waals surface area contributed by atoms with Gasteiger partial charge in [0.1, 0.15) is 0 Å². The van der Waals surface area contributed by atoms with Crippen LogP contribution in [0.3, 0.4) is 0 Å². The third-order valence-corrected chi connectivity index (χ3v) is 6.29. The largest absolute Gasteiger partial charge is 0.459 e. The lowest BCUT2D eigenvalue weighted by molar-refractivity contribution is 0.0950. The van der Waals surface area contributed by atoms with Gasteiger partial charge in [-0.05, 0) is 55.4 Å². The van der Waals surface area contributed by atoms with Gasteiger partial charge in [-0.15, -0.1) is 0 Å². The van der Waals surface area contributed by atoms with Crippen LogP contribution < -0.4 is 10.6 Å². The van der Waals surface area contributed by atoms with Gasteiger partial charge in [0.2, 0.25) is 10.0 Å². The molecule has 0 spiro atoms. The monoisotopic (exact) mass is 413 g/mol. The Balaban J connectivity index is 1.75. The van der Waals surface area contributed by atoms with Crippen LogP contribution in [-0.2, 0) is 10.0 Å². The molecule has 2 aromatic rings. The molecule has 0 bridgehead atoms. The van der Waals surface area contributed by atoms with E-state index in [1.807, 2.05) is 0 Å².